The van der Waals surface area contributed by atoms with Gasteiger partial charge in [0, 0.05) is 39.3 Å². The van der Waals surface area contributed by atoms with Crippen molar-refractivity contribution < 1.29 is 19.0 Å². The summed E-state index contributed by atoms with van der Waals surface area (Å²) >= 11 is 0. The maximum atomic E-state index is 11.8. The number of carbonyl (C=O) groups excluding carboxylic acids is 1. The molecule has 8 nitrogen and oxygen atoms in total. The molecule has 2 atom stereocenters. The predicted molar refractivity (Wildman–Crippen MR) is 119 cm³/mol. The van der Waals surface area contributed by atoms with Crippen molar-refractivity contribution in [3.63, 3.8) is 0 Å². The highest BCUT2D eigenvalue weighted by atomic mass is 16.5. The minimum Gasteiger partial charge on any atom is -0.450 e. The Morgan fingerprint density at radius 1 is 1.23 bits per heavy atom. The average molecular weight is 427 g/mol. The molecule has 2 fully saturated rings. The minimum atomic E-state index is -0.361. The Bertz CT molecular complexity index is 515. The van der Waals surface area contributed by atoms with Crippen LogP contribution in [0.2, 0.25) is 0 Å². The quantitative estimate of drug-likeness (QED) is 0.436. The van der Waals surface area contributed by atoms with Crippen LogP contribution in [0.25, 0.3) is 0 Å². The highest BCUT2D eigenvalue weighted by Gasteiger charge is 2.24. The van der Waals surface area contributed by atoms with Gasteiger partial charge in [-0.15, -0.1) is 0 Å². The number of aliphatic imine (C=N–C) groups is 1. The van der Waals surface area contributed by atoms with E-state index in [1.54, 1.807) is 0 Å². The molecule has 0 radical (unpaired) electrons. The molecular formula is C22H42N4O4. The summed E-state index contributed by atoms with van der Waals surface area (Å²) in [6.45, 7) is 10.5. The van der Waals surface area contributed by atoms with Gasteiger partial charge in [0.2, 0.25) is 0 Å². The first kappa shape index (κ1) is 24.7. The van der Waals surface area contributed by atoms with Gasteiger partial charge < -0.3 is 29.7 Å². The second-order valence-electron chi connectivity index (χ2n) is 8.63. The normalized spacial score (nSPS) is 22.1. The Morgan fingerprint density at radius 3 is 2.60 bits per heavy atom. The van der Waals surface area contributed by atoms with E-state index in [9.17, 15) is 4.79 Å². The summed E-state index contributed by atoms with van der Waals surface area (Å²) in [6.07, 6.45) is 6.61. The zero-order chi connectivity index (χ0) is 21.8. The Balaban J connectivity index is 1.73. The zero-order valence-corrected chi connectivity index (χ0v) is 19.3. The maximum Gasteiger partial charge on any atom is 0.407 e. The van der Waals surface area contributed by atoms with Crippen molar-refractivity contribution in [1.29, 1.82) is 0 Å². The van der Waals surface area contributed by atoms with Gasteiger partial charge in [0.15, 0.2) is 5.96 Å². The third-order valence-electron chi connectivity index (χ3n) is 5.61. The molecule has 2 rings (SSSR count). The third kappa shape index (κ3) is 9.08. The monoisotopic (exact) mass is 426 g/mol. The molecule has 1 amide bonds. The number of amides is 1. The SMILES string of the molecule is CCOC(=O)NC(CNC(=NC)N1CCC(OCC2CCCCO2)CC1)CC(C)C. The number of guanidine groups is 1. The van der Waals surface area contributed by atoms with Gasteiger partial charge in [0.1, 0.15) is 0 Å². The van der Waals surface area contributed by atoms with Crippen LogP contribution in [-0.2, 0) is 14.2 Å². The number of nitrogens with zero attached hydrogens (tertiary/aromatic N) is 2. The number of rotatable bonds is 9. The molecule has 0 aliphatic carbocycles. The number of nitrogens with one attached hydrogen (secondary N) is 2. The fraction of sp³-hybridized carbons (Fsp3) is 0.909. The average Bonchev–Trinajstić information content (AvgIpc) is 2.74. The first-order valence-electron chi connectivity index (χ1n) is 11.6. The lowest BCUT2D eigenvalue weighted by Gasteiger charge is -2.35. The number of hydrogen-bond acceptors (Lipinski definition) is 5. The van der Waals surface area contributed by atoms with Crippen molar-refractivity contribution in [2.24, 2.45) is 10.9 Å². The van der Waals surface area contributed by atoms with E-state index in [-0.39, 0.29) is 18.2 Å². The molecule has 0 aromatic rings. The molecular weight excluding hydrogens is 384 g/mol. The molecule has 2 aliphatic rings. The molecule has 0 saturated carbocycles. The summed E-state index contributed by atoms with van der Waals surface area (Å²) in [7, 11) is 1.81. The summed E-state index contributed by atoms with van der Waals surface area (Å²) in [6, 6.07) is -0.00262. The van der Waals surface area contributed by atoms with E-state index in [0.717, 1.165) is 51.3 Å². The number of alkyl carbamates (subject to hydrolysis) is 1. The smallest absolute Gasteiger partial charge is 0.407 e. The molecule has 2 N–H and O–H groups in total. The van der Waals surface area contributed by atoms with Crippen LogP contribution in [0.15, 0.2) is 4.99 Å². The molecule has 30 heavy (non-hydrogen) atoms. The van der Waals surface area contributed by atoms with E-state index >= 15 is 0 Å². The molecule has 2 unspecified atom stereocenters. The van der Waals surface area contributed by atoms with Crippen LogP contribution in [0.3, 0.4) is 0 Å². The van der Waals surface area contributed by atoms with Gasteiger partial charge >= 0.3 is 6.09 Å². The van der Waals surface area contributed by atoms with Crippen LogP contribution in [0.5, 0.6) is 0 Å². The number of piperidine rings is 1. The van der Waals surface area contributed by atoms with E-state index in [2.05, 4.69) is 34.4 Å². The van der Waals surface area contributed by atoms with Gasteiger partial charge in [-0.2, -0.15) is 0 Å². The molecule has 0 aromatic carbocycles. The highest BCUT2D eigenvalue weighted by molar-refractivity contribution is 5.80. The Kier molecular flexibility index (Phi) is 11.3. The molecule has 0 aromatic heterocycles. The molecule has 2 aliphatic heterocycles. The van der Waals surface area contributed by atoms with Crippen LogP contribution in [-0.4, -0.2) is 81.7 Å². The maximum absolute atomic E-state index is 11.8. The zero-order valence-electron chi connectivity index (χ0n) is 19.3. The molecule has 174 valence electrons. The van der Waals surface area contributed by atoms with Crippen molar-refractivity contribution in [3.8, 4) is 0 Å². The van der Waals surface area contributed by atoms with E-state index in [1.165, 1.54) is 12.8 Å². The summed E-state index contributed by atoms with van der Waals surface area (Å²) in [4.78, 5) is 18.6. The highest BCUT2D eigenvalue weighted by Crippen LogP contribution is 2.18. The molecule has 0 spiro atoms. The van der Waals surface area contributed by atoms with Crippen LogP contribution in [0.4, 0.5) is 4.79 Å². The van der Waals surface area contributed by atoms with Crippen LogP contribution in [0.1, 0.15) is 59.3 Å². The van der Waals surface area contributed by atoms with Crippen molar-refractivity contribution in [2.75, 3.05) is 46.5 Å². The molecule has 2 saturated heterocycles. The van der Waals surface area contributed by atoms with Gasteiger partial charge in [-0.3, -0.25) is 4.99 Å². The Labute approximate surface area is 182 Å². The van der Waals surface area contributed by atoms with E-state index in [1.807, 2.05) is 14.0 Å². The van der Waals surface area contributed by atoms with Gasteiger partial charge in [-0.1, -0.05) is 13.8 Å². The van der Waals surface area contributed by atoms with Crippen LogP contribution >= 0.6 is 0 Å². The molecule has 8 heteroatoms. The number of carbonyl (C=O) groups is 1. The number of hydrogen-bond donors (Lipinski definition) is 2. The van der Waals surface area contributed by atoms with Crippen molar-refractivity contribution in [2.45, 2.75) is 77.5 Å². The predicted octanol–water partition coefficient (Wildman–Crippen LogP) is 2.77. The van der Waals surface area contributed by atoms with Crippen LogP contribution in [0, 0.1) is 5.92 Å². The molecule has 0 bridgehead atoms. The minimum absolute atomic E-state index is 0.00262. The summed E-state index contributed by atoms with van der Waals surface area (Å²) in [5.74, 6) is 1.35. The van der Waals surface area contributed by atoms with Crippen molar-refractivity contribution in [3.05, 3.63) is 0 Å². The summed E-state index contributed by atoms with van der Waals surface area (Å²) in [5, 5.41) is 6.39. The van der Waals surface area contributed by atoms with Gasteiger partial charge in [-0.05, 0) is 51.4 Å². The van der Waals surface area contributed by atoms with E-state index in [4.69, 9.17) is 14.2 Å². The Hall–Kier alpha value is -1.54. The number of ether oxygens (including phenoxy) is 3. The van der Waals surface area contributed by atoms with E-state index < -0.39 is 0 Å². The summed E-state index contributed by atoms with van der Waals surface area (Å²) in [5.41, 5.74) is 0. The fourth-order valence-electron chi connectivity index (χ4n) is 4.07. The molecule has 2 heterocycles. The van der Waals surface area contributed by atoms with Crippen molar-refractivity contribution >= 4 is 12.1 Å². The fourth-order valence-corrected chi connectivity index (χ4v) is 4.07. The van der Waals surface area contributed by atoms with Gasteiger partial charge in [0.25, 0.3) is 0 Å². The summed E-state index contributed by atoms with van der Waals surface area (Å²) < 4.78 is 16.9. The van der Waals surface area contributed by atoms with E-state index in [0.29, 0.717) is 31.8 Å². The second kappa shape index (κ2) is 13.7. The standard InChI is InChI=1S/C22H42N4O4/c1-5-28-22(27)25-18(14-17(2)3)15-24-21(23-4)26-11-9-19(10-12-26)30-16-20-8-6-7-13-29-20/h17-20H,5-16H2,1-4H3,(H,23,24)(H,25,27). The lowest BCUT2D eigenvalue weighted by atomic mass is 10.0. The topological polar surface area (TPSA) is 84.4 Å². The van der Waals surface area contributed by atoms with Gasteiger partial charge in [0.05, 0.1) is 25.4 Å². The lowest BCUT2D eigenvalue weighted by molar-refractivity contribution is -0.0721. The third-order valence-corrected chi connectivity index (χ3v) is 5.61. The first-order chi connectivity index (χ1) is 14.5. The number of likely N-dealkylation sites (tertiary alicyclic amines) is 1. The lowest BCUT2D eigenvalue weighted by Crippen LogP contribution is -2.51. The Morgan fingerprint density at radius 2 is 2.00 bits per heavy atom. The van der Waals surface area contributed by atoms with Gasteiger partial charge in [-0.25, -0.2) is 4.79 Å². The van der Waals surface area contributed by atoms with Crippen molar-refractivity contribution in [1.82, 2.24) is 15.5 Å². The van der Waals surface area contributed by atoms with Crippen LogP contribution < -0.4 is 10.6 Å². The largest absolute Gasteiger partial charge is 0.450 e. The second-order valence-corrected chi connectivity index (χ2v) is 8.63. The first-order valence-corrected chi connectivity index (χ1v) is 11.6.